The number of rotatable bonds is 7. The number of benzene rings is 1. The third kappa shape index (κ3) is 4.56. The van der Waals surface area contributed by atoms with Gasteiger partial charge in [0.2, 0.25) is 5.89 Å². The minimum absolute atomic E-state index is 0.148. The molecule has 1 saturated heterocycles. The van der Waals surface area contributed by atoms with Gasteiger partial charge in [-0.25, -0.2) is 9.37 Å². The Hall–Kier alpha value is -2.32. The van der Waals surface area contributed by atoms with E-state index in [1.807, 2.05) is 5.51 Å². The monoisotopic (exact) mass is 402 g/mol. The number of thiazole rings is 1. The van der Waals surface area contributed by atoms with E-state index in [9.17, 15) is 4.39 Å². The van der Waals surface area contributed by atoms with Gasteiger partial charge >= 0.3 is 0 Å². The van der Waals surface area contributed by atoms with Gasteiger partial charge in [-0.15, -0.1) is 11.3 Å². The molecule has 8 heteroatoms. The van der Waals surface area contributed by atoms with Gasteiger partial charge in [-0.2, -0.15) is 4.98 Å². The third-order valence-electron chi connectivity index (χ3n) is 4.98. The first-order valence-corrected chi connectivity index (χ1v) is 10.4. The van der Waals surface area contributed by atoms with Crippen LogP contribution in [0, 0.1) is 12.7 Å². The van der Waals surface area contributed by atoms with E-state index in [-0.39, 0.29) is 11.9 Å². The average molecular weight is 402 g/mol. The lowest BCUT2D eigenvalue weighted by atomic mass is 10.0. The van der Waals surface area contributed by atoms with E-state index in [0.717, 1.165) is 31.6 Å². The predicted octanol–water partition coefficient (Wildman–Crippen LogP) is 4.32. The van der Waals surface area contributed by atoms with Crippen LogP contribution in [0.5, 0.6) is 5.75 Å². The van der Waals surface area contributed by atoms with Gasteiger partial charge in [0.05, 0.1) is 23.9 Å². The molecule has 0 aliphatic carbocycles. The quantitative estimate of drug-likeness (QED) is 0.586. The van der Waals surface area contributed by atoms with Crippen molar-refractivity contribution in [2.24, 2.45) is 0 Å². The molecule has 148 valence electrons. The van der Waals surface area contributed by atoms with Crippen LogP contribution >= 0.6 is 11.3 Å². The highest BCUT2D eigenvalue weighted by atomic mass is 32.1. The molecule has 1 aliphatic heterocycles. The van der Waals surface area contributed by atoms with Crippen molar-refractivity contribution in [2.45, 2.75) is 45.2 Å². The normalized spacial score (nSPS) is 17.7. The summed E-state index contributed by atoms with van der Waals surface area (Å²) in [5.41, 5.74) is 2.99. The summed E-state index contributed by atoms with van der Waals surface area (Å²) < 4.78 is 24.1. The number of aryl methyl sites for hydroxylation is 1. The number of piperidine rings is 1. The second kappa shape index (κ2) is 8.79. The Bertz CT molecular complexity index is 896. The smallest absolute Gasteiger partial charge is 0.244 e. The zero-order chi connectivity index (χ0) is 19.3. The summed E-state index contributed by atoms with van der Waals surface area (Å²) in [5, 5.41) is 4.12. The van der Waals surface area contributed by atoms with Gasteiger partial charge in [0, 0.05) is 17.8 Å². The molecule has 0 N–H and O–H groups in total. The minimum atomic E-state index is -0.277. The number of hydrogen-bond acceptors (Lipinski definition) is 7. The molecular formula is C20H23FN4O2S. The highest BCUT2D eigenvalue weighted by molar-refractivity contribution is 7.09. The Labute approximate surface area is 167 Å². The van der Waals surface area contributed by atoms with Gasteiger partial charge in [-0.1, -0.05) is 11.6 Å². The topological polar surface area (TPSA) is 64.3 Å². The van der Waals surface area contributed by atoms with Crippen LogP contribution in [0.25, 0.3) is 0 Å². The van der Waals surface area contributed by atoms with Crippen LogP contribution in [0.15, 0.2) is 34.3 Å². The highest BCUT2D eigenvalue weighted by Gasteiger charge is 2.29. The molecule has 1 atom stereocenters. The molecule has 28 heavy (non-hydrogen) atoms. The molecular weight excluding hydrogens is 379 g/mol. The summed E-state index contributed by atoms with van der Waals surface area (Å²) in [5.74, 6) is 1.67. The van der Waals surface area contributed by atoms with E-state index in [4.69, 9.17) is 9.26 Å². The Morgan fingerprint density at radius 2 is 2.14 bits per heavy atom. The first-order chi connectivity index (χ1) is 13.7. The summed E-state index contributed by atoms with van der Waals surface area (Å²) in [6.45, 7) is 4.36. The zero-order valence-corrected chi connectivity index (χ0v) is 16.6. The Morgan fingerprint density at radius 3 is 2.93 bits per heavy atom. The van der Waals surface area contributed by atoms with Gasteiger partial charge in [0.25, 0.3) is 0 Å². The van der Waals surface area contributed by atoms with Crippen LogP contribution in [0.2, 0.25) is 0 Å². The van der Waals surface area contributed by atoms with Crippen molar-refractivity contribution in [3.05, 3.63) is 57.9 Å². The molecule has 1 fully saturated rings. The molecule has 0 bridgehead atoms. The van der Waals surface area contributed by atoms with Crippen molar-refractivity contribution in [1.82, 2.24) is 20.0 Å². The van der Waals surface area contributed by atoms with Crippen LogP contribution in [-0.2, 0) is 13.0 Å². The fraction of sp³-hybridized carbons (Fsp3) is 0.450. The van der Waals surface area contributed by atoms with Crippen molar-refractivity contribution >= 4 is 11.3 Å². The lowest BCUT2D eigenvalue weighted by Gasteiger charge is -2.32. The van der Waals surface area contributed by atoms with Crippen molar-refractivity contribution in [2.75, 3.05) is 13.2 Å². The maximum atomic E-state index is 12.9. The number of ether oxygens (including phenoxy) is 1. The second-order valence-electron chi connectivity index (χ2n) is 6.94. The Kier molecular flexibility index (Phi) is 5.97. The standard InChI is InChI=1S/C20H23FN4O2S/c1-14-18(28-13-22-14)12-25-10-3-2-4-17(25)20-23-19(24-27-20)9-11-26-16-7-5-15(21)6-8-16/h5-8,13,17H,2-4,9-12H2,1H3. The van der Waals surface area contributed by atoms with E-state index in [1.165, 1.54) is 23.4 Å². The highest BCUT2D eigenvalue weighted by Crippen LogP contribution is 2.32. The van der Waals surface area contributed by atoms with Gasteiger partial charge in [0.15, 0.2) is 5.82 Å². The summed E-state index contributed by atoms with van der Waals surface area (Å²) >= 11 is 1.70. The SMILES string of the molecule is Cc1ncsc1CN1CCCCC1c1nc(CCOc2ccc(F)cc2)no1. The van der Waals surface area contributed by atoms with E-state index in [2.05, 4.69) is 26.9 Å². The lowest BCUT2D eigenvalue weighted by Crippen LogP contribution is -2.33. The minimum Gasteiger partial charge on any atom is -0.493 e. The molecule has 6 nitrogen and oxygen atoms in total. The summed E-state index contributed by atoms with van der Waals surface area (Å²) in [6.07, 6.45) is 3.90. The molecule has 3 heterocycles. The van der Waals surface area contributed by atoms with Gasteiger partial charge in [-0.3, -0.25) is 4.90 Å². The molecule has 0 amide bonds. The molecule has 0 radical (unpaired) electrons. The van der Waals surface area contributed by atoms with Crippen LogP contribution in [-0.4, -0.2) is 33.2 Å². The first kappa shape index (κ1) is 19.0. The first-order valence-electron chi connectivity index (χ1n) is 9.53. The van der Waals surface area contributed by atoms with Gasteiger partial charge < -0.3 is 9.26 Å². The number of hydrogen-bond donors (Lipinski definition) is 0. The fourth-order valence-electron chi connectivity index (χ4n) is 3.42. The molecule has 4 rings (SSSR count). The number of nitrogens with zero attached hydrogens (tertiary/aromatic N) is 4. The van der Waals surface area contributed by atoms with Crippen LogP contribution in [0.4, 0.5) is 4.39 Å². The zero-order valence-electron chi connectivity index (χ0n) is 15.8. The van der Waals surface area contributed by atoms with Crippen LogP contribution in [0.3, 0.4) is 0 Å². The van der Waals surface area contributed by atoms with E-state index in [1.54, 1.807) is 23.5 Å². The largest absolute Gasteiger partial charge is 0.493 e. The molecule has 0 saturated carbocycles. The summed E-state index contributed by atoms with van der Waals surface area (Å²) in [7, 11) is 0. The number of halogens is 1. The van der Waals surface area contributed by atoms with Crippen molar-refractivity contribution in [3.63, 3.8) is 0 Å². The number of likely N-dealkylation sites (tertiary alicyclic amines) is 1. The van der Waals surface area contributed by atoms with Gasteiger partial charge in [0.1, 0.15) is 11.6 Å². The summed E-state index contributed by atoms with van der Waals surface area (Å²) in [4.78, 5) is 12.7. The molecule has 3 aromatic rings. The average Bonchev–Trinajstić information content (AvgIpc) is 3.33. The molecule has 1 aromatic carbocycles. The molecule has 1 unspecified atom stereocenters. The third-order valence-corrected chi connectivity index (χ3v) is 5.90. The Balaban J connectivity index is 1.36. The molecule has 1 aliphatic rings. The van der Waals surface area contributed by atoms with E-state index >= 15 is 0 Å². The van der Waals surface area contributed by atoms with E-state index < -0.39 is 0 Å². The fourth-order valence-corrected chi connectivity index (χ4v) is 4.22. The summed E-state index contributed by atoms with van der Waals surface area (Å²) in [6, 6.07) is 6.13. The maximum absolute atomic E-state index is 12.9. The van der Waals surface area contributed by atoms with Gasteiger partial charge in [-0.05, 0) is 50.6 Å². The van der Waals surface area contributed by atoms with Crippen molar-refractivity contribution < 1.29 is 13.7 Å². The Morgan fingerprint density at radius 1 is 1.29 bits per heavy atom. The van der Waals surface area contributed by atoms with Crippen molar-refractivity contribution in [1.29, 1.82) is 0 Å². The molecule has 0 spiro atoms. The van der Waals surface area contributed by atoms with Crippen molar-refractivity contribution in [3.8, 4) is 5.75 Å². The molecule has 2 aromatic heterocycles. The second-order valence-corrected chi connectivity index (χ2v) is 7.88. The predicted molar refractivity (Wildman–Crippen MR) is 104 cm³/mol. The number of aromatic nitrogens is 3. The lowest BCUT2D eigenvalue weighted by molar-refractivity contribution is 0.112. The van der Waals surface area contributed by atoms with E-state index in [0.29, 0.717) is 30.5 Å². The maximum Gasteiger partial charge on any atom is 0.244 e. The van der Waals surface area contributed by atoms with Crippen LogP contribution < -0.4 is 4.74 Å². The van der Waals surface area contributed by atoms with Crippen LogP contribution in [0.1, 0.15) is 47.6 Å².